The normalized spacial score (nSPS) is 13.2. The van der Waals surface area contributed by atoms with Crippen molar-refractivity contribution in [2.24, 2.45) is 5.92 Å². The van der Waals surface area contributed by atoms with Crippen LogP contribution < -0.4 is 5.32 Å². The number of rotatable bonds is 8. The fraction of sp³-hybridized carbons (Fsp3) is 0.714. The Morgan fingerprint density at radius 1 is 1.29 bits per heavy atom. The van der Waals surface area contributed by atoms with Gasteiger partial charge in [0.2, 0.25) is 0 Å². The molecule has 0 saturated carbocycles. The Bertz CT molecular complexity index is 307. The van der Waals surface area contributed by atoms with E-state index in [1.165, 1.54) is 35.0 Å². The highest BCUT2D eigenvalue weighted by atomic mass is 79.9. The van der Waals surface area contributed by atoms with Gasteiger partial charge in [-0.2, -0.15) is 0 Å². The van der Waals surface area contributed by atoms with Crippen LogP contribution in [0.15, 0.2) is 15.9 Å². The Hall–Kier alpha value is 0.140. The minimum atomic E-state index is 0.538. The Morgan fingerprint density at radius 2 is 2.00 bits per heavy atom. The molecule has 1 nitrogen and oxygen atoms in total. The second-order valence-electron chi connectivity index (χ2n) is 4.59. The summed E-state index contributed by atoms with van der Waals surface area (Å²) < 4.78 is 1.21. The molecule has 1 N–H and O–H groups in total. The SMILES string of the molecule is CCCNC(CC(CC)CC)c1cc(Br)cs1. The van der Waals surface area contributed by atoms with Crippen LogP contribution in [-0.2, 0) is 0 Å². The first kappa shape index (κ1) is 15.2. The highest BCUT2D eigenvalue weighted by Crippen LogP contribution is 2.31. The quantitative estimate of drug-likeness (QED) is 0.679. The summed E-state index contributed by atoms with van der Waals surface area (Å²) in [6, 6.07) is 2.80. The lowest BCUT2D eigenvalue weighted by molar-refractivity contribution is 0.374. The van der Waals surface area contributed by atoms with E-state index in [9.17, 15) is 0 Å². The molecule has 1 rings (SSSR count). The summed E-state index contributed by atoms with van der Waals surface area (Å²) in [5, 5.41) is 5.87. The summed E-state index contributed by atoms with van der Waals surface area (Å²) in [6.07, 6.45) is 5.03. The van der Waals surface area contributed by atoms with Gasteiger partial charge in [0.05, 0.1) is 0 Å². The molecule has 0 aliphatic rings. The van der Waals surface area contributed by atoms with Gasteiger partial charge in [0.1, 0.15) is 0 Å². The monoisotopic (exact) mass is 317 g/mol. The zero-order valence-corrected chi connectivity index (χ0v) is 13.5. The van der Waals surface area contributed by atoms with Crippen LogP contribution in [0.3, 0.4) is 0 Å². The molecular formula is C14H24BrNS. The molecule has 1 aromatic rings. The van der Waals surface area contributed by atoms with Crippen molar-refractivity contribution in [3.63, 3.8) is 0 Å². The van der Waals surface area contributed by atoms with Crippen molar-refractivity contribution in [3.05, 3.63) is 20.8 Å². The number of hydrogen-bond acceptors (Lipinski definition) is 2. The van der Waals surface area contributed by atoms with E-state index in [2.05, 4.69) is 53.5 Å². The number of nitrogens with one attached hydrogen (secondary N) is 1. The second kappa shape index (κ2) is 8.28. The summed E-state index contributed by atoms with van der Waals surface area (Å²) in [6.45, 7) is 7.94. The topological polar surface area (TPSA) is 12.0 Å². The summed E-state index contributed by atoms with van der Waals surface area (Å²) in [5.41, 5.74) is 0. The molecule has 17 heavy (non-hydrogen) atoms. The van der Waals surface area contributed by atoms with E-state index in [1.54, 1.807) is 0 Å². The third-order valence-electron chi connectivity index (χ3n) is 3.30. The van der Waals surface area contributed by atoms with E-state index >= 15 is 0 Å². The van der Waals surface area contributed by atoms with Gasteiger partial charge in [-0.25, -0.2) is 0 Å². The van der Waals surface area contributed by atoms with Crippen molar-refractivity contribution in [3.8, 4) is 0 Å². The van der Waals surface area contributed by atoms with Gasteiger partial charge in [-0.1, -0.05) is 33.6 Å². The number of hydrogen-bond donors (Lipinski definition) is 1. The van der Waals surface area contributed by atoms with Crippen LogP contribution in [0, 0.1) is 5.92 Å². The molecule has 0 aliphatic heterocycles. The first-order valence-electron chi connectivity index (χ1n) is 6.68. The molecule has 0 radical (unpaired) electrons. The lowest BCUT2D eigenvalue weighted by Crippen LogP contribution is -2.23. The van der Waals surface area contributed by atoms with Crippen molar-refractivity contribution in [1.82, 2.24) is 5.32 Å². The molecule has 0 amide bonds. The van der Waals surface area contributed by atoms with E-state index in [-0.39, 0.29) is 0 Å². The van der Waals surface area contributed by atoms with Crippen molar-refractivity contribution < 1.29 is 0 Å². The van der Waals surface area contributed by atoms with Crippen LogP contribution in [0.4, 0.5) is 0 Å². The molecule has 1 heterocycles. The van der Waals surface area contributed by atoms with Crippen LogP contribution in [0.25, 0.3) is 0 Å². The summed E-state index contributed by atoms with van der Waals surface area (Å²) >= 11 is 5.41. The minimum absolute atomic E-state index is 0.538. The van der Waals surface area contributed by atoms with Crippen LogP contribution >= 0.6 is 27.3 Å². The molecule has 1 unspecified atom stereocenters. The molecule has 1 aromatic heterocycles. The van der Waals surface area contributed by atoms with E-state index in [1.807, 2.05) is 11.3 Å². The van der Waals surface area contributed by atoms with Gasteiger partial charge in [-0.15, -0.1) is 11.3 Å². The fourth-order valence-electron chi connectivity index (χ4n) is 2.08. The first-order chi connectivity index (χ1) is 8.21. The van der Waals surface area contributed by atoms with Crippen LogP contribution in [0.5, 0.6) is 0 Å². The van der Waals surface area contributed by atoms with Gasteiger partial charge in [0.25, 0.3) is 0 Å². The third kappa shape index (κ3) is 5.11. The first-order valence-corrected chi connectivity index (χ1v) is 8.35. The Balaban J connectivity index is 2.66. The van der Waals surface area contributed by atoms with Gasteiger partial charge < -0.3 is 5.32 Å². The molecule has 3 heteroatoms. The third-order valence-corrected chi connectivity index (χ3v) is 5.10. The van der Waals surface area contributed by atoms with E-state index in [0.717, 1.165) is 12.5 Å². The highest BCUT2D eigenvalue weighted by Gasteiger charge is 2.17. The van der Waals surface area contributed by atoms with Crippen molar-refractivity contribution >= 4 is 27.3 Å². The van der Waals surface area contributed by atoms with E-state index in [0.29, 0.717) is 6.04 Å². The van der Waals surface area contributed by atoms with Gasteiger partial charge in [0, 0.05) is 20.8 Å². The Labute approximate surface area is 118 Å². The predicted octanol–water partition coefficient (Wildman–Crippen LogP) is 5.38. The molecular weight excluding hydrogens is 294 g/mol. The average molecular weight is 318 g/mol. The average Bonchev–Trinajstić information content (AvgIpc) is 2.76. The number of halogens is 1. The lowest BCUT2D eigenvalue weighted by atomic mass is 9.94. The van der Waals surface area contributed by atoms with Crippen LogP contribution in [0.2, 0.25) is 0 Å². The molecule has 98 valence electrons. The zero-order chi connectivity index (χ0) is 12.7. The highest BCUT2D eigenvalue weighted by molar-refractivity contribution is 9.10. The molecule has 0 fully saturated rings. The summed E-state index contributed by atoms with van der Waals surface area (Å²) in [5.74, 6) is 0.838. The molecule has 0 aromatic carbocycles. The second-order valence-corrected chi connectivity index (χ2v) is 6.45. The maximum Gasteiger partial charge on any atom is 0.0417 e. The van der Waals surface area contributed by atoms with Gasteiger partial charge in [-0.3, -0.25) is 0 Å². The Morgan fingerprint density at radius 3 is 2.47 bits per heavy atom. The smallest absolute Gasteiger partial charge is 0.0417 e. The molecule has 0 saturated heterocycles. The van der Waals surface area contributed by atoms with Crippen molar-refractivity contribution in [2.45, 2.75) is 52.5 Å². The van der Waals surface area contributed by atoms with E-state index in [4.69, 9.17) is 0 Å². The summed E-state index contributed by atoms with van der Waals surface area (Å²) in [7, 11) is 0. The molecule has 0 spiro atoms. The van der Waals surface area contributed by atoms with Crippen LogP contribution in [-0.4, -0.2) is 6.54 Å². The van der Waals surface area contributed by atoms with Crippen LogP contribution in [0.1, 0.15) is 57.4 Å². The Kier molecular flexibility index (Phi) is 7.40. The van der Waals surface area contributed by atoms with Crippen molar-refractivity contribution in [1.29, 1.82) is 0 Å². The zero-order valence-electron chi connectivity index (χ0n) is 11.1. The molecule has 0 bridgehead atoms. The standard InChI is InChI=1S/C14H24BrNS/c1-4-7-16-13(8-11(5-2)6-3)14-9-12(15)10-17-14/h9-11,13,16H,4-8H2,1-3H3. The van der Waals surface area contributed by atoms with E-state index < -0.39 is 0 Å². The minimum Gasteiger partial charge on any atom is -0.309 e. The maximum absolute atomic E-state index is 3.69. The fourth-order valence-corrected chi connectivity index (χ4v) is 3.62. The number of thiophene rings is 1. The lowest BCUT2D eigenvalue weighted by Gasteiger charge is -2.22. The van der Waals surface area contributed by atoms with Gasteiger partial charge in [0.15, 0.2) is 0 Å². The summed E-state index contributed by atoms with van der Waals surface area (Å²) in [4.78, 5) is 1.47. The molecule has 1 atom stereocenters. The largest absolute Gasteiger partial charge is 0.309 e. The van der Waals surface area contributed by atoms with Gasteiger partial charge in [-0.05, 0) is 47.3 Å². The maximum atomic E-state index is 3.69. The van der Waals surface area contributed by atoms with Gasteiger partial charge >= 0.3 is 0 Å². The molecule has 0 aliphatic carbocycles. The predicted molar refractivity (Wildman–Crippen MR) is 81.7 cm³/mol. The van der Waals surface area contributed by atoms with Crippen molar-refractivity contribution in [2.75, 3.05) is 6.54 Å².